The van der Waals surface area contributed by atoms with Crippen LogP contribution in [0.1, 0.15) is 44.0 Å². The van der Waals surface area contributed by atoms with Gasteiger partial charge in [0, 0.05) is 11.1 Å². The highest BCUT2D eigenvalue weighted by molar-refractivity contribution is 5.37. The number of hydrogen-bond donors (Lipinski definition) is 0. The van der Waals surface area contributed by atoms with Crippen LogP contribution in [-0.2, 0) is 6.18 Å². The summed E-state index contributed by atoms with van der Waals surface area (Å²) in [7, 11) is 0. The maximum Gasteiger partial charge on any atom is 0.416 e. The van der Waals surface area contributed by atoms with Crippen LogP contribution in [0.25, 0.3) is 16.1 Å². The number of benzene rings is 1. The van der Waals surface area contributed by atoms with E-state index in [1.54, 1.807) is 12.3 Å². The molecule has 0 saturated carbocycles. The average Bonchev–Trinajstić information content (AvgIpc) is 3.03. The van der Waals surface area contributed by atoms with Crippen LogP contribution in [0.2, 0.25) is 0 Å². The van der Waals surface area contributed by atoms with E-state index in [4.69, 9.17) is 5.53 Å². The molecule has 1 heterocycles. The molecule has 1 unspecified atom stereocenters. The molecule has 2 aromatic rings. The van der Waals surface area contributed by atoms with Crippen molar-refractivity contribution in [1.82, 2.24) is 9.78 Å². The topological polar surface area (TPSA) is 66.6 Å². The van der Waals surface area contributed by atoms with Gasteiger partial charge in [0.25, 0.3) is 0 Å². The SMILES string of the molecule is CCC(CC)C(N=[N+]=[N-])c1ccnn1-c1ccc(C(F)(F)F)cc1. The standard InChI is InChI=1S/C16H18F3N5/c1-3-11(4-2)15(22-23-20)14-9-10-21-24(14)13-7-5-12(6-8-13)16(17,18)19/h5-11,15H,3-4H2,1-2H3. The van der Waals surface area contributed by atoms with Crippen molar-refractivity contribution >= 4 is 0 Å². The minimum absolute atomic E-state index is 0.130. The maximum atomic E-state index is 12.7. The summed E-state index contributed by atoms with van der Waals surface area (Å²) in [6.45, 7) is 4.01. The van der Waals surface area contributed by atoms with Gasteiger partial charge in [0.2, 0.25) is 0 Å². The molecule has 0 aliphatic heterocycles. The second-order valence-corrected chi connectivity index (χ2v) is 5.44. The first-order valence-electron chi connectivity index (χ1n) is 7.68. The van der Waals surface area contributed by atoms with Crippen LogP contribution in [0.3, 0.4) is 0 Å². The lowest BCUT2D eigenvalue weighted by molar-refractivity contribution is -0.137. The second-order valence-electron chi connectivity index (χ2n) is 5.44. The van der Waals surface area contributed by atoms with Gasteiger partial charge in [-0.25, -0.2) is 4.68 Å². The fraction of sp³-hybridized carbons (Fsp3) is 0.438. The van der Waals surface area contributed by atoms with Crippen molar-refractivity contribution in [3.05, 3.63) is 58.2 Å². The summed E-state index contributed by atoms with van der Waals surface area (Å²) in [5.41, 5.74) is 9.31. The van der Waals surface area contributed by atoms with Crippen LogP contribution in [0, 0.1) is 5.92 Å². The number of hydrogen-bond acceptors (Lipinski definition) is 2. The van der Waals surface area contributed by atoms with E-state index in [9.17, 15) is 13.2 Å². The molecule has 1 atom stereocenters. The Morgan fingerprint density at radius 2 is 1.79 bits per heavy atom. The van der Waals surface area contributed by atoms with Gasteiger partial charge in [-0.1, -0.05) is 31.8 Å². The summed E-state index contributed by atoms with van der Waals surface area (Å²) in [5, 5.41) is 8.08. The summed E-state index contributed by atoms with van der Waals surface area (Å²) < 4.78 is 39.6. The molecule has 0 amide bonds. The first kappa shape index (κ1) is 17.9. The minimum atomic E-state index is -4.38. The van der Waals surface area contributed by atoms with Crippen LogP contribution in [0.5, 0.6) is 0 Å². The average molecular weight is 337 g/mol. The number of alkyl halides is 3. The highest BCUT2D eigenvalue weighted by Crippen LogP contribution is 2.33. The van der Waals surface area contributed by atoms with E-state index >= 15 is 0 Å². The molecule has 0 aliphatic carbocycles. The third-order valence-electron chi connectivity index (χ3n) is 4.09. The molecular formula is C16H18F3N5. The van der Waals surface area contributed by atoms with Crippen LogP contribution >= 0.6 is 0 Å². The Morgan fingerprint density at radius 3 is 2.29 bits per heavy atom. The van der Waals surface area contributed by atoms with Crippen molar-refractivity contribution in [3.8, 4) is 5.69 Å². The largest absolute Gasteiger partial charge is 0.416 e. The molecule has 0 N–H and O–H groups in total. The Morgan fingerprint density at radius 1 is 1.17 bits per heavy atom. The van der Waals surface area contributed by atoms with Gasteiger partial charge in [-0.3, -0.25) is 0 Å². The van der Waals surface area contributed by atoms with Crippen molar-refractivity contribution in [1.29, 1.82) is 0 Å². The van der Waals surface area contributed by atoms with Crippen LogP contribution in [0.4, 0.5) is 13.2 Å². The van der Waals surface area contributed by atoms with Crippen LogP contribution < -0.4 is 0 Å². The van der Waals surface area contributed by atoms with Gasteiger partial charge in [0.15, 0.2) is 0 Å². The lowest BCUT2D eigenvalue weighted by atomic mass is 9.92. The van der Waals surface area contributed by atoms with Gasteiger partial charge in [0.05, 0.1) is 23.0 Å². The van der Waals surface area contributed by atoms with Gasteiger partial charge in [-0.2, -0.15) is 18.3 Å². The lowest BCUT2D eigenvalue weighted by Crippen LogP contribution is -2.14. The number of rotatable bonds is 6. The molecule has 0 radical (unpaired) electrons. The summed E-state index contributed by atoms with van der Waals surface area (Å²) in [6.07, 6.45) is -1.19. The zero-order chi connectivity index (χ0) is 17.7. The fourth-order valence-electron chi connectivity index (χ4n) is 2.73. The molecule has 0 bridgehead atoms. The van der Waals surface area contributed by atoms with E-state index in [0.29, 0.717) is 11.4 Å². The fourth-order valence-corrected chi connectivity index (χ4v) is 2.73. The highest BCUT2D eigenvalue weighted by atomic mass is 19.4. The maximum absolute atomic E-state index is 12.7. The third kappa shape index (κ3) is 3.71. The summed E-state index contributed by atoms with van der Waals surface area (Å²) in [4.78, 5) is 2.93. The zero-order valence-electron chi connectivity index (χ0n) is 13.4. The van der Waals surface area contributed by atoms with Crippen LogP contribution in [-0.4, -0.2) is 9.78 Å². The first-order chi connectivity index (χ1) is 11.4. The van der Waals surface area contributed by atoms with E-state index in [1.165, 1.54) is 16.8 Å². The van der Waals surface area contributed by atoms with E-state index < -0.39 is 17.8 Å². The van der Waals surface area contributed by atoms with Crippen molar-refractivity contribution in [2.24, 2.45) is 11.0 Å². The van der Waals surface area contributed by atoms with E-state index in [2.05, 4.69) is 15.1 Å². The molecule has 2 rings (SSSR count). The van der Waals surface area contributed by atoms with Gasteiger partial charge in [0.1, 0.15) is 0 Å². The summed E-state index contributed by atoms with van der Waals surface area (Å²) >= 11 is 0. The van der Waals surface area contributed by atoms with E-state index in [0.717, 1.165) is 25.0 Å². The third-order valence-corrected chi connectivity index (χ3v) is 4.09. The Kier molecular flexibility index (Phi) is 5.51. The smallest absolute Gasteiger partial charge is 0.237 e. The molecule has 128 valence electrons. The molecule has 1 aromatic heterocycles. The van der Waals surface area contributed by atoms with Crippen molar-refractivity contribution in [2.45, 2.75) is 38.9 Å². The molecule has 8 heteroatoms. The molecule has 5 nitrogen and oxygen atoms in total. The minimum Gasteiger partial charge on any atom is -0.237 e. The summed E-state index contributed by atoms with van der Waals surface area (Å²) in [6, 6.07) is 6.06. The second kappa shape index (κ2) is 7.40. The van der Waals surface area contributed by atoms with E-state index in [-0.39, 0.29) is 5.92 Å². The Balaban J connectivity index is 2.43. The predicted molar refractivity (Wildman–Crippen MR) is 84.5 cm³/mol. The molecule has 0 saturated heterocycles. The molecule has 0 fully saturated rings. The number of nitrogens with zero attached hydrogens (tertiary/aromatic N) is 5. The molecule has 0 aliphatic rings. The Labute approximate surface area is 137 Å². The van der Waals surface area contributed by atoms with Gasteiger partial charge >= 0.3 is 6.18 Å². The zero-order valence-corrected chi connectivity index (χ0v) is 13.4. The van der Waals surface area contributed by atoms with Gasteiger partial charge < -0.3 is 0 Å². The monoisotopic (exact) mass is 337 g/mol. The van der Waals surface area contributed by atoms with Crippen LogP contribution in [0.15, 0.2) is 41.6 Å². The first-order valence-corrected chi connectivity index (χ1v) is 7.68. The van der Waals surface area contributed by atoms with E-state index in [1.807, 2.05) is 13.8 Å². The van der Waals surface area contributed by atoms with Gasteiger partial charge in [-0.05, 0) is 41.8 Å². The molecular weight excluding hydrogens is 319 g/mol. The Hall–Kier alpha value is -2.47. The lowest BCUT2D eigenvalue weighted by Gasteiger charge is -2.22. The van der Waals surface area contributed by atoms with Crippen molar-refractivity contribution in [2.75, 3.05) is 0 Å². The number of azide groups is 1. The van der Waals surface area contributed by atoms with Gasteiger partial charge in [-0.15, -0.1) is 0 Å². The number of halogens is 3. The predicted octanol–water partition coefficient (Wildman–Crippen LogP) is 5.68. The Bertz CT molecular complexity index is 710. The quantitative estimate of drug-likeness (QED) is 0.380. The number of aromatic nitrogens is 2. The molecule has 1 aromatic carbocycles. The van der Waals surface area contributed by atoms with Crippen molar-refractivity contribution < 1.29 is 13.2 Å². The molecule has 0 spiro atoms. The summed E-state index contributed by atoms with van der Waals surface area (Å²) in [5.74, 6) is 0.130. The van der Waals surface area contributed by atoms with Crippen molar-refractivity contribution in [3.63, 3.8) is 0 Å². The normalized spacial score (nSPS) is 12.9. The highest BCUT2D eigenvalue weighted by Gasteiger charge is 2.30. The molecule has 24 heavy (non-hydrogen) atoms.